The lowest BCUT2D eigenvalue weighted by Gasteiger charge is -2.34. The zero-order valence-electron chi connectivity index (χ0n) is 12.9. The molecule has 0 spiro atoms. The summed E-state index contributed by atoms with van der Waals surface area (Å²) in [7, 11) is 0. The van der Waals surface area contributed by atoms with Gasteiger partial charge >= 0.3 is 0 Å². The van der Waals surface area contributed by atoms with Crippen molar-refractivity contribution in [3.8, 4) is 0 Å². The molecule has 0 bridgehead atoms. The van der Waals surface area contributed by atoms with Gasteiger partial charge in [-0.1, -0.05) is 23.5 Å². The highest BCUT2D eigenvalue weighted by Crippen LogP contribution is 2.30. The van der Waals surface area contributed by atoms with E-state index in [1.54, 1.807) is 17.4 Å². The molecule has 2 aromatic heterocycles. The molecule has 0 unspecified atom stereocenters. The summed E-state index contributed by atoms with van der Waals surface area (Å²) >= 11 is 3.12. The summed E-state index contributed by atoms with van der Waals surface area (Å²) in [4.78, 5) is 21.9. The van der Waals surface area contributed by atoms with Crippen LogP contribution in [0.3, 0.4) is 0 Å². The van der Waals surface area contributed by atoms with Gasteiger partial charge in [0.05, 0.1) is 11.1 Å². The van der Waals surface area contributed by atoms with Crippen molar-refractivity contribution in [2.75, 3.05) is 31.1 Å². The Bertz CT molecular complexity index is 854. The smallest absolute Gasteiger partial charge is 0.227 e. The van der Waals surface area contributed by atoms with Gasteiger partial charge in [0.1, 0.15) is 11.3 Å². The van der Waals surface area contributed by atoms with E-state index in [9.17, 15) is 9.18 Å². The van der Waals surface area contributed by atoms with Crippen LogP contribution in [0.15, 0.2) is 35.7 Å². The molecular weight excluding hydrogens is 345 g/mol. The van der Waals surface area contributed by atoms with Crippen molar-refractivity contribution in [1.29, 1.82) is 0 Å². The van der Waals surface area contributed by atoms with Gasteiger partial charge in [-0.2, -0.15) is 0 Å². The van der Waals surface area contributed by atoms with E-state index in [4.69, 9.17) is 0 Å². The van der Waals surface area contributed by atoms with E-state index >= 15 is 0 Å². The van der Waals surface area contributed by atoms with Gasteiger partial charge in [-0.15, -0.1) is 11.3 Å². The van der Waals surface area contributed by atoms with Crippen LogP contribution < -0.4 is 4.90 Å². The first-order valence-corrected chi connectivity index (χ1v) is 9.50. The highest BCUT2D eigenvalue weighted by atomic mass is 32.1. The number of hydrogen-bond acceptors (Lipinski definition) is 5. The molecule has 0 N–H and O–H groups in total. The standard InChI is InChI=1S/C17H16FN3OS2/c18-13-4-1-5-14-16(13)19-17(24-14)21-8-6-20(7-9-21)15(22)11-12-3-2-10-23-12/h1-5,10H,6-9,11H2. The maximum Gasteiger partial charge on any atom is 0.227 e. The molecule has 0 atom stereocenters. The number of carbonyl (C=O) groups excluding carboxylic acids is 1. The van der Waals surface area contributed by atoms with Crippen LogP contribution >= 0.6 is 22.7 Å². The third-order valence-corrected chi connectivity index (χ3v) is 6.12. The second-order valence-electron chi connectivity index (χ2n) is 5.71. The first-order chi connectivity index (χ1) is 11.7. The average Bonchev–Trinajstić information content (AvgIpc) is 3.25. The van der Waals surface area contributed by atoms with Crippen LogP contribution in [0.1, 0.15) is 4.88 Å². The Kier molecular flexibility index (Phi) is 4.20. The fourth-order valence-electron chi connectivity index (χ4n) is 2.86. The van der Waals surface area contributed by atoms with E-state index in [1.807, 2.05) is 28.5 Å². The van der Waals surface area contributed by atoms with Crippen molar-refractivity contribution in [3.05, 3.63) is 46.4 Å². The van der Waals surface area contributed by atoms with Gasteiger partial charge in [0.25, 0.3) is 0 Å². The first kappa shape index (κ1) is 15.5. The lowest BCUT2D eigenvalue weighted by molar-refractivity contribution is -0.130. The molecule has 124 valence electrons. The van der Waals surface area contributed by atoms with Crippen molar-refractivity contribution < 1.29 is 9.18 Å². The van der Waals surface area contributed by atoms with Gasteiger partial charge < -0.3 is 9.80 Å². The molecule has 0 aliphatic carbocycles. The predicted molar refractivity (Wildman–Crippen MR) is 96.4 cm³/mol. The van der Waals surface area contributed by atoms with Crippen LogP contribution in [0.5, 0.6) is 0 Å². The summed E-state index contributed by atoms with van der Waals surface area (Å²) in [5.74, 6) is -0.104. The monoisotopic (exact) mass is 361 g/mol. The molecule has 3 aromatic rings. The topological polar surface area (TPSA) is 36.4 Å². The van der Waals surface area contributed by atoms with Gasteiger partial charge in [0, 0.05) is 31.1 Å². The van der Waals surface area contributed by atoms with E-state index in [-0.39, 0.29) is 11.7 Å². The van der Waals surface area contributed by atoms with Gasteiger partial charge in [-0.3, -0.25) is 4.79 Å². The third-order valence-electron chi connectivity index (χ3n) is 4.17. The maximum absolute atomic E-state index is 13.8. The molecule has 1 aliphatic heterocycles. The summed E-state index contributed by atoms with van der Waals surface area (Å²) in [6.45, 7) is 2.83. The Balaban J connectivity index is 1.41. The molecule has 7 heteroatoms. The summed E-state index contributed by atoms with van der Waals surface area (Å²) in [5, 5.41) is 2.83. The molecule has 4 rings (SSSR count). The molecule has 3 heterocycles. The van der Waals surface area contributed by atoms with E-state index in [0.29, 0.717) is 25.0 Å². The van der Waals surface area contributed by atoms with Crippen molar-refractivity contribution in [1.82, 2.24) is 9.88 Å². The third kappa shape index (κ3) is 3.01. The molecule has 24 heavy (non-hydrogen) atoms. The van der Waals surface area contributed by atoms with Crippen LogP contribution in [0.2, 0.25) is 0 Å². The van der Waals surface area contributed by atoms with Crippen LogP contribution in [0.4, 0.5) is 9.52 Å². The minimum absolute atomic E-state index is 0.174. The van der Waals surface area contributed by atoms with Crippen LogP contribution in [0, 0.1) is 5.82 Å². The normalized spacial score (nSPS) is 15.2. The number of thiazole rings is 1. The quantitative estimate of drug-likeness (QED) is 0.717. The van der Waals surface area contributed by atoms with E-state index in [1.165, 1.54) is 17.4 Å². The Morgan fingerprint density at radius 3 is 2.71 bits per heavy atom. The molecule has 1 amide bonds. The highest BCUT2D eigenvalue weighted by Gasteiger charge is 2.23. The minimum atomic E-state index is -0.278. The zero-order chi connectivity index (χ0) is 16.5. The Hall–Kier alpha value is -1.99. The zero-order valence-corrected chi connectivity index (χ0v) is 14.6. The summed E-state index contributed by atoms with van der Waals surface area (Å²) < 4.78 is 14.7. The predicted octanol–water partition coefficient (Wildman–Crippen LogP) is 3.39. The van der Waals surface area contributed by atoms with Crippen LogP contribution in [-0.4, -0.2) is 42.0 Å². The van der Waals surface area contributed by atoms with Crippen LogP contribution in [0.25, 0.3) is 10.2 Å². The van der Waals surface area contributed by atoms with Crippen molar-refractivity contribution >= 4 is 43.9 Å². The lowest BCUT2D eigenvalue weighted by Crippen LogP contribution is -2.49. The SMILES string of the molecule is O=C(Cc1cccs1)N1CCN(c2nc3c(F)cccc3s2)CC1. The number of anilines is 1. The molecule has 1 aliphatic rings. The van der Waals surface area contributed by atoms with E-state index in [2.05, 4.69) is 9.88 Å². The number of nitrogens with zero attached hydrogens (tertiary/aromatic N) is 3. The summed E-state index contributed by atoms with van der Waals surface area (Å²) in [6, 6.07) is 9.00. The van der Waals surface area contributed by atoms with Gasteiger partial charge in [0.2, 0.25) is 5.91 Å². The largest absolute Gasteiger partial charge is 0.345 e. The van der Waals surface area contributed by atoms with Crippen molar-refractivity contribution in [3.63, 3.8) is 0 Å². The number of benzene rings is 1. The second-order valence-corrected chi connectivity index (χ2v) is 7.75. The fraction of sp³-hybridized carbons (Fsp3) is 0.294. The number of carbonyl (C=O) groups is 1. The summed E-state index contributed by atoms with van der Waals surface area (Å²) in [5.41, 5.74) is 0.439. The number of para-hydroxylation sites is 1. The maximum atomic E-state index is 13.8. The molecule has 0 saturated carbocycles. The van der Waals surface area contributed by atoms with Crippen LogP contribution in [-0.2, 0) is 11.2 Å². The Morgan fingerprint density at radius 1 is 1.17 bits per heavy atom. The highest BCUT2D eigenvalue weighted by molar-refractivity contribution is 7.22. The average molecular weight is 361 g/mol. The number of fused-ring (bicyclic) bond motifs is 1. The number of halogens is 1. The molecular formula is C17H16FN3OS2. The number of amides is 1. The summed E-state index contributed by atoms with van der Waals surface area (Å²) in [6.07, 6.45) is 0.476. The number of thiophene rings is 1. The minimum Gasteiger partial charge on any atom is -0.345 e. The Morgan fingerprint density at radius 2 is 2.00 bits per heavy atom. The molecule has 0 radical (unpaired) electrons. The first-order valence-electron chi connectivity index (χ1n) is 7.81. The van der Waals surface area contributed by atoms with Crippen molar-refractivity contribution in [2.45, 2.75) is 6.42 Å². The van der Waals surface area contributed by atoms with Gasteiger partial charge in [-0.05, 0) is 23.6 Å². The fourth-order valence-corrected chi connectivity index (χ4v) is 4.59. The Labute approximate surface area is 147 Å². The van der Waals surface area contributed by atoms with Gasteiger partial charge in [0.15, 0.2) is 5.13 Å². The molecule has 1 fully saturated rings. The number of piperazine rings is 1. The van der Waals surface area contributed by atoms with Crippen molar-refractivity contribution in [2.24, 2.45) is 0 Å². The molecule has 1 saturated heterocycles. The molecule has 4 nitrogen and oxygen atoms in total. The number of aromatic nitrogens is 1. The second kappa shape index (κ2) is 6.49. The lowest BCUT2D eigenvalue weighted by atomic mass is 10.2. The van der Waals surface area contributed by atoms with Gasteiger partial charge in [-0.25, -0.2) is 9.37 Å². The molecule has 1 aromatic carbocycles. The number of rotatable bonds is 3. The van der Waals surface area contributed by atoms with E-state index < -0.39 is 0 Å². The number of hydrogen-bond donors (Lipinski definition) is 0. The van der Waals surface area contributed by atoms with E-state index in [0.717, 1.165) is 27.8 Å².